The second kappa shape index (κ2) is 8.24. The van der Waals surface area contributed by atoms with Gasteiger partial charge >= 0.3 is 0 Å². The molecule has 1 aromatic heterocycles. The number of fused-ring (bicyclic) bond motifs is 1. The molecule has 3 unspecified atom stereocenters. The summed E-state index contributed by atoms with van der Waals surface area (Å²) < 4.78 is 5.51. The minimum Gasteiger partial charge on any atom is -0.377 e. The highest BCUT2D eigenvalue weighted by atomic mass is 16.5. The third-order valence-corrected chi connectivity index (χ3v) is 6.95. The number of nitrogens with one attached hydrogen (secondary N) is 1. The number of aryl methyl sites for hydroxylation is 1. The van der Waals surface area contributed by atoms with Gasteiger partial charge in [-0.3, -0.25) is 4.98 Å². The van der Waals surface area contributed by atoms with Crippen LogP contribution in [0, 0.1) is 18.8 Å². The highest BCUT2D eigenvalue weighted by Gasteiger charge is 2.47. The number of anilines is 2. The third kappa shape index (κ3) is 3.94. The SMILES string of the molecule is Cc1cnc(NC2c3cc(C4=CCOCC4)ccc3N(C(C)O)C(C3CC3)[C@@H]2C)cn1. The quantitative estimate of drug-likeness (QED) is 0.751. The Bertz CT molecular complexity index is 968. The van der Waals surface area contributed by atoms with Crippen molar-refractivity contribution in [2.75, 3.05) is 23.4 Å². The van der Waals surface area contributed by atoms with Crippen LogP contribution in [0.4, 0.5) is 11.5 Å². The summed E-state index contributed by atoms with van der Waals surface area (Å²) in [6.45, 7) is 7.59. The van der Waals surface area contributed by atoms with Gasteiger partial charge < -0.3 is 20.1 Å². The fourth-order valence-electron chi connectivity index (χ4n) is 5.30. The van der Waals surface area contributed by atoms with Crippen molar-refractivity contribution in [1.29, 1.82) is 0 Å². The zero-order valence-corrected chi connectivity index (χ0v) is 18.6. The molecule has 1 aromatic carbocycles. The molecule has 1 saturated carbocycles. The van der Waals surface area contributed by atoms with Crippen LogP contribution >= 0.6 is 0 Å². The van der Waals surface area contributed by atoms with Crippen LogP contribution in [0.1, 0.15) is 56.0 Å². The normalized spacial score (nSPS) is 26.8. The van der Waals surface area contributed by atoms with E-state index < -0.39 is 6.23 Å². The lowest BCUT2D eigenvalue weighted by molar-refractivity contribution is 0.151. The van der Waals surface area contributed by atoms with Crippen molar-refractivity contribution in [2.45, 2.75) is 58.3 Å². The van der Waals surface area contributed by atoms with Crippen LogP contribution in [-0.2, 0) is 4.74 Å². The maximum Gasteiger partial charge on any atom is 0.144 e. The Morgan fingerprint density at radius 1 is 1.23 bits per heavy atom. The zero-order chi connectivity index (χ0) is 21.5. The molecular weight excluding hydrogens is 388 g/mol. The highest BCUT2D eigenvalue weighted by molar-refractivity contribution is 5.72. The number of aromatic nitrogens is 2. The predicted molar refractivity (Wildman–Crippen MR) is 123 cm³/mol. The number of hydrogen-bond donors (Lipinski definition) is 2. The summed E-state index contributed by atoms with van der Waals surface area (Å²) in [4.78, 5) is 11.2. The smallest absolute Gasteiger partial charge is 0.144 e. The summed E-state index contributed by atoms with van der Waals surface area (Å²) in [6, 6.07) is 7.11. The molecule has 5 rings (SSSR count). The minimum atomic E-state index is -0.528. The molecule has 2 N–H and O–H groups in total. The van der Waals surface area contributed by atoms with Crippen molar-refractivity contribution >= 4 is 17.1 Å². The number of rotatable bonds is 5. The van der Waals surface area contributed by atoms with E-state index in [4.69, 9.17) is 4.74 Å². The van der Waals surface area contributed by atoms with E-state index in [2.05, 4.69) is 51.4 Å². The number of benzene rings is 1. The van der Waals surface area contributed by atoms with Gasteiger partial charge in [0.2, 0.25) is 0 Å². The van der Waals surface area contributed by atoms with Crippen molar-refractivity contribution in [2.24, 2.45) is 11.8 Å². The van der Waals surface area contributed by atoms with Gasteiger partial charge in [-0.25, -0.2) is 4.98 Å². The fraction of sp³-hybridized carbons (Fsp3) is 0.520. The molecule has 1 aliphatic carbocycles. The van der Waals surface area contributed by atoms with Crippen molar-refractivity contribution in [3.63, 3.8) is 0 Å². The fourth-order valence-corrected chi connectivity index (χ4v) is 5.30. The Labute approximate surface area is 184 Å². The van der Waals surface area contributed by atoms with Gasteiger partial charge in [0.05, 0.1) is 37.3 Å². The van der Waals surface area contributed by atoms with E-state index >= 15 is 0 Å². The summed E-state index contributed by atoms with van der Waals surface area (Å²) in [5.41, 5.74) is 5.83. The maximum absolute atomic E-state index is 10.8. The van der Waals surface area contributed by atoms with Crippen LogP contribution in [0.2, 0.25) is 0 Å². The van der Waals surface area contributed by atoms with Crippen LogP contribution in [0.5, 0.6) is 0 Å². The molecule has 31 heavy (non-hydrogen) atoms. The molecule has 0 amide bonds. The molecule has 1 fully saturated rings. The first-order chi connectivity index (χ1) is 15.0. The van der Waals surface area contributed by atoms with Crippen LogP contribution in [-0.4, -0.2) is 40.6 Å². The molecule has 0 saturated heterocycles. The van der Waals surface area contributed by atoms with Gasteiger partial charge in [0.15, 0.2) is 0 Å². The first-order valence-corrected chi connectivity index (χ1v) is 11.5. The van der Waals surface area contributed by atoms with E-state index in [-0.39, 0.29) is 6.04 Å². The Kier molecular flexibility index (Phi) is 5.44. The second-order valence-corrected chi connectivity index (χ2v) is 9.22. The number of aliphatic hydroxyl groups excluding tert-OH is 1. The molecule has 0 spiro atoms. The number of aliphatic hydroxyl groups is 1. The Hall–Kier alpha value is -2.44. The third-order valence-electron chi connectivity index (χ3n) is 6.95. The largest absolute Gasteiger partial charge is 0.377 e. The summed E-state index contributed by atoms with van der Waals surface area (Å²) in [6.07, 6.45) is 8.68. The molecule has 0 radical (unpaired) electrons. The summed E-state index contributed by atoms with van der Waals surface area (Å²) >= 11 is 0. The second-order valence-electron chi connectivity index (χ2n) is 9.22. The molecule has 2 aromatic rings. The van der Waals surface area contributed by atoms with Gasteiger partial charge in [0, 0.05) is 17.6 Å². The Balaban J connectivity index is 1.59. The zero-order valence-electron chi connectivity index (χ0n) is 18.6. The predicted octanol–water partition coefficient (Wildman–Crippen LogP) is 4.31. The van der Waals surface area contributed by atoms with Crippen molar-refractivity contribution < 1.29 is 9.84 Å². The van der Waals surface area contributed by atoms with E-state index in [0.717, 1.165) is 30.2 Å². The lowest BCUT2D eigenvalue weighted by Gasteiger charge is -2.48. The molecule has 6 nitrogen and oxygen atoms in total. The average Bonchev–Trinajstić information content (AvgIpc) is 3.62. The van der Waals surface area contributed by atoms with Gasteiger partial charge in [-0.1, -0.05) is 19.1 Å². The van der Waals surface area contributed by atoms with Gasteiger partial charge in [-0.2, -0.15) is 0 Å². The molecule has 164 valence electrons. The van der Waals surface area contributed by atoms with Crippen LogP contribution in [0.3, 0.4) is 0 Å². The maximum atomic E-state index is 10.8. The molecule has 0 bridgehead atoms. The van der Waals surface area contributed by atoms with Crippen LogP contribution in [0.25, 0.3) is 5.57 Å². The van der Waals surface area contributed by atoms with E-state index in [9.17, 15) is 5.11 Å². The average molecular weight is 421 g/mol. The number of hydrogen-bond acceptors (Lipinski definition) is 6. The molecule has 2 aliphatic heterocycles. The minimum absolute atomic E-state index is 0.105. The molecule has 3 aliphatic rings. The van der Waals surface area contributed by atoms with Crippen LogP contribution in [0.15, 0.2) is 36.7 Å². The Morgan fingerprint density at radius 3 is 2.71 bits per heavy atom. The molecular formula is C25H32N4O2. The summed E-state index contributed by atoms with van der Waals surface area (Å²) in [7, 11) is 0. The lowest BCUT2D eigenvalue weighted by Crippen LogP contribution is -2.52. The molecule has 3 heterocycles. The van der Waals surface area contributed by atoms with Crippen molar-refractivity contribution in [3.8, 4) is 0 Å². The molecule has 6 heteroatoms. The van der Waals surface area contributed by atoms with E-state index in [0.29, 0.717) is 24.5 Å². The number of ether oxygens (including phenoxy) is 1. The lowest BCUT2D eigenvalue weighted by atomic mass is 9.79. The van der Waals surface area contributed by atoms with E-state index in [1.165, 1.54) is 29.5 Å². The van der Waals surface area contributed by atoms with Crippen molar-refractivity contribution in [3.05, 3.63) is 53.5 Å². The topological polar surface area (TPSA) is 70.5 Å². The van der Waals surface area contributed by atoms with Crippen molar-refractivity contribution in [1.82, 2.24) is 9.97 Å². The first-order valence-electron chi connectivity index (χ1n) is 11.5. The first kappa shape index (κ1) is 20.5. The standard InChI is InChI=1S/C25H32N4O2/c1-15-13-27-23(14-26-15)28-24-16(2)25(19-4-5-19)29(17(3)30)22-7-6-20(12-21(22)24)18-8-10-31-11-9-18/h6-8,12-14,16-17,19,24-25,30H,4-5,9-11H2,1-3H3,(H,27,28)/t16-,17?,24?,25?/m1/s1. The van der Waals surface area contributed by atoms with Gasteiger partial charge in [0.1, 0.15) is 12.0 Å². The van der Waals surface area contributed by atoms with Crippen LogP contribution < -0.4 is 10.2 Å². The van der Waals surface area contributed by atoms with Gasteiger partial charge in [-0.15, -0.1) is 0 Å². The highest BCUT2D eigenvalue weighted by Crippen LogP contribution is 2.50. The summed E-state index contributed by atoms with van der Waals surface area (Å²) in [5, 5.41) is 14.5. The van der Waals surface area contributed by atoms with E-state index in [1.807, 2.05) is 20.0 Å². The van der Waals surface area contributed by atoms with Gasteiger partial charge in [-0.05, 0) is 67.9 Å². The Morgan fingerprint density at radius 2 is 2.06 bits per heavy atom. The molecule has 4 atom stereocenters. The van der Waals surface area contributed by atoms with Gasteiger partial charge in [0.25, 0.3) is 0 Å². The summed E-state index contributed by atoms with van der Waals surface area (Å²) in [5.74, 6) is 1.74. The monoisotopic (exact) mass is 420 g/mol. The number of nitrogens with zero attached hydrogens (tertiary/aromatic N) is 3. The van der Waals surface area contributed by atoms with E-state index in [1.54, 1.807) is 6.20 Å².